The maximum absolute atomic E-state index is 13.8. The van der Waals surface area contributed by atoms with Gasteiger partial charge < -0.3 is 24.8 Å². The van der Waals surface area contributed by atoms with E-state index in [1.165, 1.54) is 13.3 Å². The van der Waals surface area contributed by atoms with E-state index in [0.717, 1.165) is 0 Å². The van der Waals surface area contributed by atoms with Crippen LogP contribution in [0.5, 0.6) is 11.5 Å². The fourth-order valence-electron chi connectivity index (χ4n) is 5.16. The van der Waals surface area contributed by atoms with Crippen LogP contribution in [0.3, 0.4) is 0 Å². The number of carboxylic acid groups (broad SMARTS) is 1. The van der Waals surface area contributed by atoms with Crippen LogP contribution >= 0.6 is 0 Å². The largest absolute Gasteiger partial charge is 0.497 e. The molecule has 1 aliphatic rings. The molecule has 0 bridgehead atoms. The number of aliphatic hydroxyl groups excluding tert-OH is 2. The Bertz CT molecular complexity index is 1300. The predicted molar refractivity (Wildman–Crippen MR) is 136 cm³/mol. The van der Waals surface area contributed by atoms with Gasteiger partial charge in [-0.25, -0.2) is 13.2 Å². The molecule has 210 valence electrons. The molecule has 0 aliphatic carbocycles. The Balaban J connectivity index is 1.39. The summed E-state index contributed by atoms with van der Waals surface area (Å²) in [6, 6.07) is 6.32. The van der Waals surface area contributed by atoms with Crippen LogP contribution in [-0.4, -0.2) is 64.5 Å². The van der Waals surface area contributed by atoms with Crippen molar-refractivity contribution in [3.63, 3.8) is 0 Å². The molecule has 1 aliphatic heterocycles. The Labute approximate surface area is 223 Å². The first-order valence-electron chi connectivity index (χ1n) is 12.6. The summed E-state index contributed by atoms with van der Waals surface area (Å²) in [6.45, 7) is 0.744. The first-order chi connectivity index (χ1) is 18.7. The van der Waals surface area contributed by atoms with Crippen LogP contribution in [0.15, 0.2) is 36.5 Å². The van der Waals surface area contributed by atoms with Crippen molar-refractivity contribution >= 4 is 16.9 Å². The Morgan fingerprint density at radius 1 is 1.15 bits per heavy atom. The molecule has 4 rings (SSSR count). The summed E-state index contributed by atoms with van der Waals surface area (Å²) >= 11 is 0. The molecule has 2 heterocycles. The Hall–Kier alpha value is -3.41. The van der Waals surface area contributed by atoms with Crippen molar-refractivity contribution in [3.05, 3.63) is 65.1 Å². The van der Waals surface area contributed by atoms with Crippen molar-refractivity contribution < 1.29 is 42.8 Å². The quantitative estimate of drug-likeness (QED) is 0.327. The van der Waals surface area contributed by atoms with Crippen molar-refractivity contribution in [2.24, 2.45) is 5.41 Å². The summed E-state index contributed by atoms with van der Waals surface area (Å²) in [4.78, 5) is 18.6. The molecule has 0 amide bonds. The van der Waals surface area contributed by atoms with Crippen LogP contribution in [0.2, 0.25) is 0 Å². The highest BCUT2D eigenvalue weighted by Crippen LogP contribution is 2.40. The minimum atomic E-state index is -1.13. The topological polar surface area (TPSA) is 112 Å². The molecule has 3 aromatic rings. The lowest BCUT2D eigenvalue weighted by atomic mass is 9.74. The van der Waals surface area contributed by atoms with Gasteiger partial charge in [-0.1, -0.05) is 0 Å². The molecule has 8 nitrogen and oxygen atoms in total. The fraction of sp³-hybridized carbons (Fsp3) is 0.429. The molecule has 0 spiro atoms. The molecule has 0 saturated carbocycles. The number of piperidine rings is 1. The normalized spacial score (nSPS) is 16.3. The maximum Gasteiger partial charge on any atom is 0.309 e. The van der Waals surface area contributed by atoms with Gasteiger partial charge in [0.2, 0.25) is 0 Å². The SMILES string of the molecule is COc1ccc2ncc(CO)c(C(O)CCC3(C(=O)O)CCN(CCOc4c(F)cc(F)cc4F)CC3)c2c1. The molecule has 1 atom stereocenters. The van der Waals surface area contributed by atoms with E-state index in [-0.39, 0.29) is 26.1 Å². The Kier molecular flexibility index (Phi) is 8.94. The van der Waals surface area contributed by atoms with E-state index in [4.69, 9.17) is 9.47 Å². The zero-order valence-corrected chi connectivity index (χ0v) is 21.5. The van der Waals surface area contributed by atoms with Gasteiger partial charge in [0.05, 0.1) is 30.8 Å². The van der Waals surface area contributed by atoms with E-state index >= 15 is 0 Å². The first kappa shape index (κ1) is 28.6. The summed E-state index contributed by atoms with van der Waals surface area (Å²) in [5.74, 6) is -4.32. The first-order valence-corrected chi connectivity index (χ1v) is 12.6. The molecular weight excluding hydrogens is 517 g/mol. The molecule has 3 N–H and O–H groups in total. The van der Waals surface area contributed by atoms with E-state index in [1.807, 2.05) is 4.90 Å². The molecule has 2 aromatic carbocycles. The van der Waals surface area contributed by atoms with Crippen molar-refractivity contribution in [2.75, 3.05) is 33.4 Å². The zero-order chi connectivity index (χ0) is 28.2. The Morgan fingerprint density at radius 3 is 2.46 bits per heavy atom. The van der Waals surface area contributed by atoms with E-state index in [0.29, 0.717) is 72.4 Å². The second-order valence-corrected chi connectivity index (χ2v) is 9.77. The van der Waals surface area contributed by atoms with Gasteiger partial charge in [-0.15, -0.1) is 0 Å². The van der Waals surface area contributed by atoms with Crippen LogP contribution in [0.4, 0.5) is 13.2 Å². The van der Waals surface area contributed by atoms with Gasteiger partial charge in [0, 0.05) is 35.8 Å². The monoisotopic (exact) mass is 548 g/mol. The van der Waals surface area contributed by atoms with Gasteiger partial charge in [0.25, 0.3) is 0 Å². The highest BCUT2D eigenvalue weighted by molar-refractivity contribution is 5.85. The second kappa shape index (κ2) is 12.2. The lowest BCUT2D eigenvalue weighted by molar-refractivity contribution is -0.153. The number of carbonyl (C=O) groups is 1. The van der Waals surface area contributed by atoms with Gasteiger partial charge in [-0.05, 0) is 62.5 Å². The van der Waals surface area contributed by atoms with E-state index < -0.39 is 40.7 Å². The van der Waals surface area contributed by atoms with Crippen LogP contribution in [0.25, 0.3) is 10.9 Å². The van der Waals surface area contributed by atoms with Gasteiger partial charge in [0.1, 0.15) is 18.2 Å². The van der Waals surface area contributed by atoms with E-state index in [2.05, 4.69) is 4.98 Å². The van der Waals surface area contributed by atoms with Gasteiger partial charge in [0.15, 0.2) is 17.4 Å². The number of carboxylic acids is 1. The van der Waals surface area contributed by atoms with Gasteiger partial charge in [-0.3, -0.25) is 14.7 Å². The number of aliphatic hydroxyl groups is 2. The number of likely N-dealkylation sites (tertiary alicyclic amines) is 1. The maximum atomic E-state index is 13.8. The fourth-order valence-corrected chi connectivity index (χ4v) is 5.16. The van der Waals surface area contributed by atoms with E-state index in [9.17, 15) is 33.3 Å². The average Bonchev–Trinajstić information content (AvgIpc) is 2.92. The van der Waals surface area contributed by atoms with Crippen LogP contribution in [0, 0.1) is 22.9 Å². The summed E-state index contributed by atoms with van der Waals surface area (Å²) in [7, 11) is 1.52. The number of nitrogens with zero attached hydrogens (tertiary/aromatic N) is 2. The second-order valence-electron chi connectivity index (χ2n) is 9.77. The summed E-state index contributed by atoms with van der Waals surface area (Å²) in [5, 5.41) is 31.8. The minimum absolute atomic E-state index is 0.0548. The third kappa shape index (κ3) is 6.26. The highest BCUT2D eigenvalue weighted by Gasteiger charge is 2.41. The number of rotatable bonds is 11. The number of halogens is 3. The molecule has 0 radical (unpaired) electrons. The molecule has 1 fully saturated rings. The molecule has 1 aromatic heterocycles. The molecule has 1 saturated heterocycles. The van der Waals surface area contributed by atoms with Gasteiger partial charge in [-0.2, -0.15) is 0 Å². The predicted octanol–water partition coefficient (Wildman–Crippen LogP) is 4.21. The van der Waals surface area contributed by atoms with Crippen molar-refractivity contribution in [1.29, 1.82) is 0 Å². The van der Waals surface area contributed by atoms with Gasteiger partial charge >= 0.3 is 5.97 Å². The third-order valence-electron chi connectivity index (χ3n) is 7.48. The van der Waals surface area contributed by atoms with E-state index in [1.54, 1.807) is 18.2 Å². The summed E-state index contributed by atoms with van der Waals surface area (Å²) < 4.78 is 51.1. The number of hydrogen-bond donors (Lipinski definition) is 3. The highest BCUT2D eigenvalue weighted by atomic mass is 19.1. The standard InChI is InChI=1S/C28H31F3N2O6/c1-38-19-2-3-23-20(14-19)25(17(16-34)15-32-23)24(35)4-5-28(27(36)37)6-8-33(9-7-28)10-11-39-26-21(30)12-18(29)13-22(26)31/h2-3,12-15,24,34-35H,4-11,16H2,1H3,(H,36,37). The van der Waals surface area contributed by atoms with Crippen LogP contribution in [-0.2, 0) is 11.4 Å². The number of ether oxygens (including phenoxy) is 2. The number of aromatic nitrogens is 1. The zero-order valence-electron chi connectivity index (χ0n) is 21.5. The van der Waals surface area contributed by atoms with Crippen LogP contribution in [0.1, 0.15) is 42.9 Å². The number of methoxy groups -OCH3 is 1. The minimum Gasteiger partial charge on any atom is -0.497 e. The van der Waals surface area contributed by atoms with Crippen molar-refractivity contribution in [2.45, 2.75) is 38.4 Å². The average molecular weight is 549 g/mol. The number of aliphatic carboxylic acids is 1. The number of fused-ring (bicyclic) bond motifs is 1. The summed E-state index contributed by atoms with van der Waals surface area (Å²) in [5.41, 5.74) is 0.507. The number of hydrogen-bond acceptors (Lipinski definition) is 7. The Morgan fingerprint density at radius 2 is 1.85 bits per heavy atom. The molecule has 1 unspecified atom stereocenters. The lowest BCUT2D eigenvalue weighted by Crippen LogP contribution is -2.45. The molecule has 11 heteroatoms. The summed E-state index contributed by atoms with van der Waals surface area (Å²) in [6.07, 6.45) is 1.45. The van der Waals surface area contributed by atoms with Crippen LogP contribution < -0.4 is 9.47 Å². The smallest absolute Gasteiger partial charge is 0.309 e. The third-order valence-corrected chi connectivity index (χ3v) is 7.48. The van der Waals surface area contributed by atoms with Crippen molar-refractivity contribution in [3.8, 4) is 11.5 Å². The molecular formula is C28H31F3N2O6. The van der Waals surface area contributed by atoms with Crippen molar-refractivity contribution in [1.82, 2.24) is 9.88 Å². The number of pyridine rings is 1. The molecule has 39 heavy (non-hydrogen) atoms. The lowest BCUT2D eigenvalue weighted by Gasteiger charge is -2.39. The number of benzene rings is 2.